The smallest absolute Gasteiger partial charge is 0.0630 e. The zero-order valence-corrected chi connectivity index (χ0v) is 13.3. The molecule has 2 N–H and O–H groups in total. The molecule has 4 aliphatic rings. The maximum absolute atomic E-state index is 3.62. The lowest BCUT2D eigenvalue weighted by atomic mass is 9.80. The molecule has 2 nitrogen and oxygen atoms in total. The van der Waals surface area contributed by atoms with E-state index in [1.165, 1.54) is 33.3 Å². The third-order valence-corrected chi connectivity index (χ3v) is 4.96. The van der Waals surface area contributed by atoms with Gasteiger partial charge in [-0.05, 0) is 35.1 Å². The van der Waals surface area contributed by atoms with Crippen molar-refractivity contribution in [3.63, 3.8) is 0 Å². The number of fused-ring (bicyclic) bond motifs is 5. The minimum absolute atomic E-state index is 0.0597. The Hall–Kier alpha value is -2.74. The van der Waals surface area contributed by atoms with Crippen LogP contribution in [0.3, 0.4) is 0 Å². The molecule has 1 aromatic carbocycles. The van der Waals surface area contributed by atoms with Crippen molar-refractivity contribution in [2.75, 3.05) is 5.32 Å². The van der Waals surface area contributed by atoms with E-state index in [1.54, 1.807) is 0 Å². The molecule has 0 atom stereocenters. The van der Waals surface area contributed by atoms with Crippen molar-refractivity contribution < 1.29 is 0 Å². The summed E-state index contributed by atoms with van der Waals surface area (Å²) < 4.78 is 0. The molecule has 0 saturated heterocycles. The van der Waals surface area contributed by atoms with E-state index in [0.29, 0.717) is 0 Å². The summed E-state index contributed by atoms with van der Waals surface area (Å²) in [6, 6.07) is 13.0. The van der Waals surface area contributed by atoms with Crippen LogP contribution in [0.25, 0.3) is 23.4 Å². The van der Waals surface area contributed by atoms with E-state index in [4.69, 9.17) is 0 Å². The van der Waals surface area contributed by atoms with Gasteiger partial charge in [-0.1, -0.05) is 50.3 Å². The topological polar surface area (TPSA) is 27.8 Å². The summed E-state index contributed by atoms with van der Waals surface area (Å²) >= 11 is 0. The minimum atomic E-state index is 0.0597. The van der Waals surface area contributed by atoms with Crippen molar-refractivity contribution in [1.82, 2.24) is 4.98 Å². The molecule has 5 rings (SSSR count). The number of pyridine rings is 1. The first-order valence-electron chi connectivity index (χ1n) is 8.05. The highest BCUT2D eigenvalue weighted by Gasteiger charge is 2.27. The van der Waals surface area contributed by atoms with Crippen LogP contribution in [0.15, 0.2) is 48.6 Å². The normalized spacial score (nSPS) is 16.6. The van der Waals surface area contributed by atoms with Gasteiger partial charge in [-0.2, -0.15) is 0 Å². The third kappa shape index (κ3) is 1.75. The number of aromatic nitrogens is 1. The van der Waals surface area contributed by atoms with E-state index in [9.17, 15) is 0 Å². The van der Waals surface area contributed by atoms with Gasteiger partial charge in [-0.15, -0.1) is 0 Å². The van der Waals surface area contributed by atoms with E-state index < -0.39 is 0 Å². The van der Waals surface area contributed by atoms with Crippen molar-refractivity contribution in [3.05, 3.63) is 70.2 Å². The van der Waals surface area contributed by atoms with E-state index in [2.05, 4.69) is 84.9 Å². The Labute approximate surface area is 135 Å². The van der Waals surface area contributed by atoms with Gasteiger partial charge < -0.3 is 10.3 Å². The summed E-state index contributed by atoms with van der Waals surface area (Å²) in [7, 11) is 0. The lowest BCUT2D eigenvalue weighted by Crippen LogP contribution is -2.24. The van der Waals surface area contributed by atoms with E-state index in [1.807, 2.05) is 0 Å². The second kappa shape index (κ2) is 4.17. The molecule has 23 heavy (non-hydrogen) atoms. The molecule has 0 fully saturated rings. The van der Waals surface area contributed by atoms with Gasteiger partial charge in [0.05, 0.1) is 11.0 Å². The predicted molar refractivity (Wildman–Crippen MR) is 96.6 cm³/mol. The zero-order valence-electron chi connectivity index (χ0n) is 13.3. The monoisotopic (exact) mass is 298 g/mol. The summed E-state index contributed by atoms with van der Waals surface area (Å²) in [5, 5.41) is 6.03. The van der Waals surface area contributed by atoms with Crippen LogP contribution in [0, 0.1) is 0 Å². The molecule has 1 aromatic rings. The number of H-pyrrole nitrogens is 1. The Balaban J connectivity index is 1.84. The summed E-state index contributed by atoms with van der Waals surface area (Å²) in [6.07, 6.45) is 8.88. The quantitative estimate of drug-likeness (QED) is 0.510. The van der Waals surface area contributed by atoms with Gasteiger partial charge in [0.2, 0.25) is 0 Å². The van der Waals surface area contributed by atoms with Crippen LogP contribution in [0.5, 0.6) is 0 Å². The molecular weight excluding hydrogens is 280 g/mol. The highest BCUT2D eigenvalue weighted by Crippen LogP contribution is 2.36. The number of nitrogens with one attached hydrogen (secondary N) is 2. The van der Waals surface area contributed by atoms with Crippen LogP contribution in [0.2, 0.25) is 0 Å². The fourth-order valence-corrected chi connectivity index (χ4v) is 3.86. The van der Waals surface area contributed by atoms with Crippen molar-refractivity contribution >= 4 is 23.5 Å². The molecule has 112 valence electrons. The van der Waals surface area contributed by atoms with Crippen LogP contribution >= 0.6 is 0 Å². The predicted octanol–water partition coefficient (Wildman–Crippen LogP) is 3.63. The van der Waals surface area contributed by atoms with Crippen LogP contribution in [-0.4, -0.2) is 4.98 Å². The average molecular weight is 298 g/mol. The van der Waals surface area contributed by atoms with Crippen LogP contribution in [0.1, 0.15) is 25.0 Å². The molecule has 0 radical (unpaired) electrons. The lowest BCUT2D eigenvalue weighted by Gasteiger charge is -2.25. The van der Waals surface area contributed by atoms with Gasteiger partial charge in [0.15, 0.2) is 0 Å². The molecular formula is C21H18N2. The molecule has 0 spiro atoms. The number of aromatic amines is 1. The zero-order chi connectivity index (χ0) is 15.6. The molecule has 2 heteroatoms. The fourth-order valence-electron chi connectivity index (χ4n) is 3.86. The highest BCUT2D eigenvalue weighted by molar-refractivity contribution is 5.83. The van der Waals surface area contributed by atoms with Crippen LogP contribution < -0.4 is 15.9 Å². The first-order valence-corrected chi connectivity index (χ1v) is 8.05. The van der Waals surface area contributed by atoms with Gasteiger partial charge in [0.1, 0.15) is 0 Å². The Kier molecular flexibility index (Phi) is 2.31. The van der Waals surface area contributed by atoms with Crippen molar-refractivity contribution in [1.29, 1.82) is 0 Å². The number of para-hydroxylation sites is 1. The van der Waals surface area contributed by atoms with Gasteiger partial charge >= 0.3 is 0 Å². The third-order valence-electron chi connectivity index (χ3n) is 4.96. The van der Waals surface area contributed by atoms with Crippen LogP contribution in [0.4, 0.5) is 11.4 Å². The Morgan fingerprint density at radius 2 is 1.87 bits per heavy atom. The Morgan fingerprint density at radius 3 is 2.78 bits per heavy atom. The molecule has 2 aliphatic heterocycles. The Morgan fingerprint density at radius 1 is 1.00 bits per heavy atom. The summed E-state index contributed by atoms with van der Waals surface area (Å²) in [6.45, 7) is 4.56. The van der Waals surface area contributed by atoms with E-state index >= 15 is 0 Å². The average Bonchev–Trinajstić information content (AvgIpc) is 2.89. The fraction of sp³-hybridized carbons (Fsp3) is 0.143. The van der Waals surface area contributed by atoms with E-state index in [-0.39, 0.29) is 5.41 Å². The van der Waals surface area contributed by atoms with Crippen molar-refractivity contribution in [2.45, 2.75) is 19.3 Å². The Bertz CT molecular complexity index is 1060. The maximum Gasteiger partial charge on any atom is 0.0630 e. The lowest BCUT2D eigenvalue weighted by molar-refractivity contribution is 0.667. The van der Waals surface area contributed by atoms with Crippen LogP contribution in [-0.2, 0) is 5.41 Å². The molecule has 0 aromatic heterocycles. The summed E-state index contributed by atoms with van der Waals surface area (Å²) in [5.41, 5.74) is 7.53. The largest absolute Gasteiger partial charge is 0.353 e. The number of anilines is 2. The molecule has 0 amide bonds. The second-order valence-electron chi connectivity index (χ2n) is 7.00. The van der Waals surface area contributed by atoms with Gasteiger partial charge in [-0.3, -0.25) is 0 Å². The SMILES string of the molecule is CC1(C)C=CC=c2cc3[nH]c4c(cc-3c21)Nc1ccccc1C=4. The number of rotatable bonds is 0. The molecule has 2 heterocycles. The molecule has 0 unspecified atom stereocenters. The minimum Gasteiger partial charge on any atom is -0.353 e. The summed E-state index contributed by atoms with van der Waals surface area (Å²) in [4.78, 5) is 3.62. The van der Waals surface area contributed by atoms with E-state index in [0.717, 1.165) is 11.0 Å². The summed E-state index contributed by atoms with van der Waals surface area (Å²) in [5.74, 6) is 0. The number of hydrogen-bond donors (Lipinski definition) is 2. The second-order valence-corrected chi connectivity index (χ2v) is 7.00. The van der Waals surface area contributed by atoms with Gasteiger partial charge in [-0.25, -0.2) is 0 Å². The standard InChI is InChI=1S/C21H18N2/c1-21(2)9-5-7-14-11-17-15(20(14)21)12-19-18(23-17)10-13-6-3-4-8-16(13)22-19/h3-12,22-23H,1-2H3. The number of allylic oxidation sites excluding steroid dienone is 2. The number of benzene rings is 1. The number of hydrogen-bond acceptors (Lipinski definition) is 1. The van der Waals surface area contributed by atoms with Crippen molar-refractivity contribution in [3.8, 4) is 11.3 Å². The van der Waals surface area contributed by atoms with Crippen molar-refractivity contribution in [2.24, 2.45) is 0 Å². The molecule has 0 bridgehead atoms. The first-order chi connectivity index (χ1) is 11.1. The highest BCUT2D eigenvalue weighted by atomic mass is 14.9. The van der Waals surface area contributed by atoms with Gasteiger partial charge in [0.25, 0.3) is 0 Å². The van der Waals surface area contributed by atoms with Gasteiger partial charge in [0, 0.05) is 27.9 Å². The molecule has 2 aliphatic carbocycles. The molecule has 0 saturated carbocycles. The first kappa shape index (κ1) is 12.8. The maximum atomic E-state index is 3.62.